The molecule has 0 spiro atoms. The van der Waals surface area contributed by atoms with Gasteiger partial charge in [0.05, 0.1) is 23.7 Å². The quantitative estimate of drug-likeness (QED) is 0.609. The van der Waals surface area contributed by atoms with E-state index in [1.165, 1.54) is 0 Å². The number of para-hydroxylation sites is 1. The van der Waals surface area contributed by atoms with Crippen LogP contribution in [-0.2, 0) is 0 Å². The Labute approximate surface area is 111 Å². The van der Waals surface area contributed by atoms with Crippen molar-refractivity contribution in [1.82, 2.24) is 0 Å². The van der Waals surface area contributed by atoms with Crippen LogP contribution in [0.5, 0.6) is 5.75 Å². The molecule has 0 bridgehead atoms. The van der Waals surface area contributed by atoms with Crippen molar-refractivity contribution in [3.05, 3.63) is 28.3 Å². The third-order valence-corrected chi connectivity index (χ3v) is 3.49. The summed E-state index contributed by atoms with van der Waals surface area (Å²) in [6, 6.07) is 4.94. The number of hydrogen-bond donors (Lipinski definition) is 2. The molecule has 6 nitrogen and oxygen atoms in total. The van der Waals surface area contributed by atoms with Crippen LogP contribution in [0.3, 0.4) is 0 Å². The lowest BCUT2D eigenvalue weighted by Crippen LogP contribution is -2.48. The number of nitro benzene ring substituents is 1. The van der Waals surface area contributed by atoms with E-state index in [9.17, 15) is 15.2 Å². The molecule has 0 amide bonds. The number of nitrogens with zero attached hydrogens (tertiary/aromatic N) is 1. The van der Waals surface area contributed by atoms with Gasteiger partial charge in [0.2, 0.25) is 0 Å². The molecule has 0 unspecified atom stereocenters. The van der Waals surface area contributed by atoms with Crippen molar-refractivity contribution in [2.75, 3.05) is 18.5 Å². The van der Waals surface area contributed by atoms with Gasteiger partial charge in [-0.3, -0.25) is 10.1 Å². The third kappa shape index (κ3) is 2.63. The Morgan fingerprint density at radius 2 is 2.26 bits per heavy atom. The molecule has 1 aromatic carbocycles. The Bertz CT molecular complexity index is 466. The predicted molar refractivity (Wildman–Crippen MR) is 71.6 cm³/mol. The molecule has 0 atom stereocenters. The highest BCUT2D eigenvalue weighted by Gasteiger charge is 2.38. The molecule has 2 rings (SSSR count). The normalized spacial score (nSPS) is 16.5. The van der Waals surface area contributed by atoms with E-state index < -0.39 is 10.5 Å². The maximum absolute atomic E-state index is 11.2. The van der Waals surface area contributed by atoms with Gasteiger partial charge in [-0.2, -0.15) is 0 Å². The zero-order valence-electron chi connectivity index (χ0n) is 10.9. The van der Waals surface area contributed by atoms with Crippen LogP contribution in [0.4, 0.5) is 11.4 Å². The highest BCUT2D eigenvalue weighted by atomic mass is 16.6. The molecule has 0 aromatic heterocycles. The summed E-state index contributed by atoms with van der Waals surface area (Å²) in [6.07, 6.45) is 2.66. The molecular weight excluding hydrogens is 248 g/mol. The van der Waals surface area contributed by atoms with E-state index in [4.69, 9.17) is 4.74 Å². The number of aliphatic hydroxyl groups excluding tert-OH is 1. The van der Waals surface area contributed by atoms with E-state index in [2.05, 4.69) is 5.32 Å². The van der Waals surface area contributed by atoms with Crippen molar-refractivity contribution in [1.29, 1.82) is 0 Å². The van der Waals surface area contributed by atoms with Crippen LogP contribution in [0, 0.1) is 10.1 Å². The third-order valence-electron chi connectivity index (χ3n) is 3.49. The van der Waals surface area contributed by atoms with Crippen molar-refractivity contribution in [2.45, 2.75) is 31.7 Å². The average Bonchev–Trinajstić information content (AvgIpc) is 2.34. The number of benzene rings is 1. The monoisotopic (exact) mass is 266 g/mol. The lowest BCUT2D eigenvalue weighted by molar-refractivity contribution is -0.385. The predicted octanol–water partition coefficient (Wildman–Crippen LogP) is 2.32. The van der Waals surface area contributed by atoms with Crippen molar-refractivity contribution in [3.63, 3.8) is 0 Å². The van der Waals surface area contributed by atoms with Gasteiger partial charge in [0, 0.05) is 0 Å². The molecule has 0 saturated heterocycles. The van der Waals surface area contributed by atoms with Gasteiger partial charge >= 0.3 is 5.69 Å². The minimum atomic E-state index is -0.447. The number of hydrogen-bond acceptors (Lipinski definition) is 5. The lowest BCUT2D eigenvalue weighted by atomic mass is 9.77. The second kappa shape index (κ2) is 5.44. The van der Waals surface area contributed by atoms with Crippen molar-refractivity contribution < 1.29 is 14.8 Å². The summed E-state index contributed by atoms with van der Waals surface area (Å²) in [5.41, 5.74) is -0.0796. The summed E-state index contributed by atoms with van der Waals surface area (Å²) >= 11 is 0. The zero-order chi connectivity index (χ0) is 13.9. The van der Waals surface area contributed by atoms with Crippen LogP contribution >= 0.6 is 0 Å². The van der Waals surface area contributed by atoms with Crippen LogP contribution in [0.2, 0.25) is 0 Å². The molecule has 104 valence electrons. The number of nitrogens with one attached hydrogen (secondary N) is 1. The van der Waals surface area contributed by atoms with Crippen LogP contribution in [0.15, 0.2) is 18.2 Å². The first kappa shape index (κ1) is 13.6. The maximum atomic E-state index is 11.2. The summed E-state index contributed by atoms with van der Waals surface area (Å²) in [4.78, 5) is 10.8. The van der Waals surface area contributed by atoms with E-state index in [-0.39, 0.29) is 18.0 Å². The van der Waals surface area contributed by atoms with Gasteiger partial charge in [-0.15, -0.1) is 0 Å². The van der Waals surface area contributed by atoms with Crippen LogP contribution in [-0.4, -0.2) is 28.8 Å². The van der Waals surface area contributed by atoms with Crippen LogP contribution < -0.4 is 10.1 Å². The van der Waals surface area contributed by atoms with E-state index >= 15 is 0 Å². The molecule has 2 N–H and O–H groups in total. The Kier molecular flexibility index (Phi) is 3.90. The minimum absolute atomic E-state index is 0.0248. The van der Waals surface area contributed by atoms with E-state index in [1.807, 2.05) is 0 Å². The fraction of sp³-hybridized carbons (Fsp3) is 0.538. The molecule has 1 aliphatic carbocycles. The van der Waals surface area contributed by atoms with Gasteiger partial charge < -0.3 is 15.2 Å². The maximum Gasteiger partial charge on any atom is 0.333 e. The summed E-state index contributed by atoms with van der Waals surface area (Å²) < 4.78 is 5.29. The molecule has 1 fully saturated rings. The van der Waals surface area contributed by atoms with E-state index in [0.29, 0.717) is 12.3 Å². The lowest BCUT2D eigenvalue weighted by Gasteiger charge is -2.41. The molecule has 0 radical (unpaired) electrons. The average molecular weight is 266 g/mol. The van der Waals surface area contributed by atoms with Gasteiger partial charge in [0.25, 0.3) is 0 Å². The summed E-state index contributed by atoms with van der Waals surface area (Å²) in [5.74, 6) is 0.255. The van der Waals surface area contributed by atoms with Gasteiger partial charge in [-0.25, -0.2) is 0 Å². The number of aliphatic hydroxyl groups is 1. The molecule has 1 aliphatic rings. The SMILES string of the molecule is CCOc1cccc(NC2(CO)CCC2)c1[N+](=O)[O-]. The van der Waals surface area contributed by atoms with Crippen molar-refractivity contribution in [3.8, 4) is 5.75 Å². The van der Waals surface area contributed by atoms with Crippen molar-refractivity contribution in [2.24, 2.45) is 0 Å². The summed E-state index contributed by atoms with van der Waals surface area (Å²) in [6.45, 7) is 2.13. The minimum Gasteiger partial charge on any atom is -0.487 e. The van der Waals surface area contributed by atoms with Gasteiger partial charge in [0.15, 0.2) is 5.75 Å². The topological polar surface area (TPSA) is 84.6 Å². The number of ether oxygens (including phenoxy) is 1. The largest absolute Gasteiger partial charge is 0.487 e. The number of nitro groups is 1. The fourth-order valence-electron chi connectivity index (χ4n) is 2.30. The van der Waals surface area contributed by atoms with E-state index in [0.717, 1.165) is 19.3 Å². The highest BCUT2D eigenvalue weighted by molar-refractivity contribution is 5.69. The molecule has 0 heterocycles. The summed E-state index contributed by atoms with van der Waals surface area (Å²) in [5, 5.41) is 23.8. The van der Waals surface area contributed by atoms with Crippen LogP contribution in [0.25, 0.3) is 0 Å². The first-order chi connectivity index (χ1) is 9.12. The second-order valence-electron chi connectivity index (χ2n) is 4.76. The molecule has 0 aliphatic heterocycles. The first-order valence-corrected chi connectivity index (χ1v) is 6.41. The molecule has 1 saturated carbocycles. The number of rotatable bonds is 6. The van der Waals surface area contributed by atoms with Crippen molar-refractivity contribution >= 4 is 11.4 Å². The fourth-order valence-corrected chi connectivity index (χ4v) is 2.30. The van der Waals surface area contributed by atoms with E-state index in [1.54, 1.807) is 25.1 Å². The Hall–Kier alpha value is -1.82. The molecule has 19 heavy (non-hydrogen) atoms. The summed E-state index contributed by atoms with van der Waals surface area (Å²) in [7, 11) is 0. The Morgan fingerprint density at radius 3 is 2.74 bits per heavy atom. The van der Waals surface area contributed by atoms with Crippen LogP contribution in [0.1, 0.15) is 26.2 Å². The Balaban J connectivity index is 2.33. The standard InChI is InChI=1S/C13H18N2O4/c1-2-19-11-6-3-5-10(12(11)15(17)18)14-13(9-16)7-4-8-13/h3,5-6,14,16H,2,4,7-9H2,1H3. The molecular formula is C13H18N2O4. The molecule has 6 heteroatoms. The smallest absolute Gasteiger partial charge is 0.333 e. The molecule has 1 aromatic rings. The second-order valence-corrected chi connectivity index (χ2v) is 4.76. The van der Waals surface area contributed by atoms with Gasteiger partial charge in [0.1, 0.15) is 5.69 Å². The van der Waals surface area contributed by atoms with Gasteiger partial charge in [-0.1, -0.05) is 6.07 Å². The number of anilines is 1. The first-order valence-electron chi connectivity index (χ1n) is 6.41. The van der Waals surface area contributed by atoms with Gasteiger partial charge in [-0.05, 0) is 38.3 Å². The highest BCUT2D eigenvalue weighted by Crippen LogP contribution is 2.40. The zero-order valence-corrected chi connectivity index (χ0v) is 10.9. The Morgan fingerprint density at radius 1 is 1.53 bits per heavy atom.